The summed E-state index contributed by atoms with van der Waals surface area (Å²) < 4.78 is 0. The maximum absolute atomic E-state index is 12.5. The number of amides is 3. The minimum atomic E-state index is -0.796. The number of likely N-dealkylation sites (tertiary alicyclic amines) is 1. The Hall–Kier alpha value is -2.00. The molecule has 1 rings (SSSR count). The van der Waals surface area contributed by atoms with Gasteiger partial charge in [-0.1, -0.05) is 6.42 Å². The summed E-state index contributed by atoms with van der Waals surface area (Å²) in [5.41, 5.74) is 16.4. The third-order valence-corrected chi connectivity index (χ3v) is 4.32. The van der Waals surface area contributed by atoms with Crippen LogP contribution in [0.25, 0.3) is 0 Å². The second kappa shape index (κ2) is 10.8. The Bertz CT molecular complexity index is 485. The summed E-state index contributed by atoms with van der Waals surface area (Å²) in [6.07, 6.45) is 4.02. The van der Waals surface area contributed by atoms with Gasteiger partial charge in [0.1, 0.15) is 12.3 Å². The number of nitrogens with zero attached hydrogens (tertiary/aromatic N) is 1. The first-order valence-electron chi connectivity index (χ1n) is 8.70. The lowest BCUT2D eigenvalue weighted by molar-refractivity contribution is -0.140. The van der Waals surface area contributed by atoms with Crippen LogP contribution < -0.4 is 22.5 Å². The normalized spacial score (nSPS) is 19.3. The standard InChI is InChI=1S/C16H29N5O4/c17-8-2-1-4-12(18)16(25)21-9-3-5-13(21)15(24)20-11(10-22)6-7-14(19)23/h10-13H,1-9,17-18H2,(H2,19,23)(H,20,24)/t11-,12-,13-/m0/s1. The Balaban J connectivity index is 2.59. The van der Waals surface area contributed by atoms with Gasteiger partial charge in [-0.25, -0.2) is 0 Å². The van der Waals surface area contributed by atoms with Gasteiger partial charge in [0.05, 0.1) is 12.1 Å². The van der Waals surface area contributed by atoms with Crippen molar-refractivity contribution in [1.82, 2.24) is 10.2 Å². The molecule has 142 valence electrons. The van der Waals surface area contributed by atoms with Crippen LogP contribution in [0, 0.1) is 0 Å². The number of rotatable bonds is 11. The number of primary amides is 1. The molecule has 0 aliphatic carbocycles. The van der Waals surface area contributed by atoms with Crippen molar-refractivity contribution < 1.29 is 19.2 Å². The average Bonchev–Trinajstić information content (AvgIpc) is 3.07. The van der Waals surface area contributed by atoms with Gasteiger partial charge >= 0.3 is 0 Å². The molecule has 1 saturated heterocycles. The van der Waals surface area contributed by atoms with Crippen molar-refractivity contribution in [3.63, 3.8) is 0 Å². The minimum Gasteiger partial charge on any atom is -0.370 e. The maximum atomic E-state index is 12.5. The van der Waals surface area contributed by atoms with Crippen LogP contribution in [-0.2, 0) is 19.2 Å². The van der Waals surface area contributed by atoms with E-state index in [1.54, 1.807) is 0 Å². The number of nitrogens with two attached hydrogens (primary N) is 3. The maximum Gasteiger partial charge on any atom is 0.243 e. The largest absolute Gasteiger partial charge is 0.370 e. The summed E-state index contributed by atoms with van der Waals surface area (Å²) in [6, 6.07) is -2.09. The van der Waals surface area contributed by atoms with Crippen molar-refractivity contribution in [3.8, 4) is 0 Å². The number of carbonyl (C=O) groups is 4. The molecule has 25 heavy (non-hydrogen) atoms. The Kier molecular flexibility index (Phi) is 9.07. The van der Waals surface area contributed by atoms with Crippen LogP contribution >= 0.6 is 0 Å². The Morgan fingerprint density at radius 3 is 2.56 bits per heavy atom. The van der Waals surface area contributed by atoms with Crippen LogP contribution in [0.4, 0.5) is 0 Å². The van der Waals surface area contributed by atoms with Crippen LogP contribution in [0.1, 0.15) is 44.9 Å². The fraction of sp³-hybridized carbons (Fsp3) is 0.750. The van der Waals surface area contributed by atoms with Gasteiger partial charge in [0.2, 0.25) is 17.7 Å². The van der Waals surface area contributed by atoms with E-state index in [0.29, 0.717) is 38.6 Å². The summed E-state index contributed by atoms with van der Waals surface area (Å²) in [5, 5.41) is 2.57. The van der Waals surface area contributed by atoms with Crippen molar-refractivity contribution in [2.24, 2.45) is 17.2 Å². The van der Waals surface area contributed by atoms with E-state index < -0.39 is 29.9 Å². The van der Waals surface area contributed by atoms with Gasteiger partial charge in [0, 0.05) is 13.0 Å². The molecule has 3 amide bonds. The summed E-state index contributed by atoms with van der Waals surface area (Å²) in [5.74, 6) is -1.20. The van der Waals surface area contributed by atoms with Gasteiger partial charge in [-0.05, 0) is 38.6 Å². The van der Waals surface area contributed by atoms with E-state index in [4.69, 9.17) is 17.2 Å². The molecule has 0 saturated carbocycles. The first-order chi connectivity index (χ1) is 11.9. The zero-order valence-electron chi connectivity index (χ0n) is 14.5. The molecule has 9 heteroatoms. The molecule has 1 aliphatic rings. The number of aldehydes is 1. The predicted octanol–water partition coefficient (Wildman–Crippen LogP) is -1.62. The number of hydrogen-bond acceptors (Lipinski definition) is 6. The number of unbranched alkanes of at least 4 members (excludes halogenated alkanes) is 1. The molecule has 0 spiro atoms. The van der Waals surface area contributed by atoms with Gasteiger partial charge in [-0.2, -0.15) is 0 Å². The number of nitrogens with one attached hydrogen (secondary N) is 1. The topological polar surface area (TPSA) is 162 Å². The van der Waals surface area contributed by atoms with Crippen molar-refractivity contribution in [2.45, 2.75) is 63.1 Å². The first-order valence-corrected chi connectivity index (χ1v) is 8.70. The highest BCUT2D eigenvalue weighted by Gasteiger charge is 2.36. The quantitative estimate of drug-likeness (QED) is 0.257. The number of hydrogen-bond donors (Lipinski definition) is 4. The molecule has 0 radical (unpaired) electrons. The monoisotopic (exact) mass is 355 g/mol. The molecule has 1 fully saturated rings. The highest BCUT2D eigenvalue weighted by molar-refractivity contribution is 5.91. The van der Waals surface area contributed by atoms with Crippen molar-refractivity contribution in [3.05, 3.63) is 0 Å². The van der Waals surface area contributed by atoms with E-state index in [2.05, 4.69) is 5.32 Å². The highest BCUT2D eigenvalue weighted by atomic mass is 16.2. The highest BCUT2D eigenvalue weighted by Crippen LogP contribution is 2.19. The minimum absolute atomic E-state index is 0.00299. The molecule has 0 aromatic carbocycles. The molecule has 1 heterocycles. The van der Waals surface area contributed by atoms with E-state index >= 15 is 0 Å². The Labute approximate surface area is 147 Å². The Morgan fingerprint density at radius 1 is 1.24 bits per heavy atom. The van der Waals surface area contributed by atoms with Crippen LogP contribution in [0.5, 0.6) is 0 Å². The molecule has 0 aromatic heterocycles. The zero-order chi connectivity index (χ0) is 18.8. The second-order valence-corrected chi connectivity index (χ2v) is 6.34. The van der Waals surface area contributed by atoms with Crippen molar-refractivity contribution in [2.75, 3.05) is 13.1 Å². The summed E-state index contributed by atoms with van der Waals surface area (Å²) in [6.45, 7) is 1.02. The van der Waals surface area contributed by atoms with E-state index in [-0.39, 0.29) is 18.7 Å². The average molecular weight is 355 g/mol. The van der Waals surface area contributed by atoms with Crippen LogP contribution in [-0.4, -0.2) is 60.1 Å². The molecule has 9 nitrogen and oxygen atoms in total. The molecule has 7 N–H and O–H groups in total. The molecule has 0 unspecified atom stereocenters. The molecule has 3 atom stereocenters. The summed E-state index contributed by atoms with van der Waals surface area (Å²) in [7, 11) is 0. The van der Waals surface area contributed by atoms with Gasteiger partial charge in [0.15, 0.2) is 0 Å². The molecule has 1 aliphatic heterocycles. The van der Waals surface area contributed by atoms with Crippen LogP contribution in [0.2, 0.25) is 0 Å². The molecular formula is C16H29N5O4. The lowest BCUT2D eigenvalue weighted by Crippen LogP contribution is -2.53. The molecule has 0 aromatic rings. The Morgan fingerprint density at radius 2 is 1.96 bits per heavy atom. The van der Waals surface area contributed by atoms with E-state index in [0.717, 1.165) is 12.8 Å². The third-order valence-electron chi connectivity index (χ3n) is 4.32. The van der Waals surface area contributed by atoms with Gasteiger partial charge in [-0.3, -0.25) is 14.4 Å². The van der Waals surface area contributed by atoms with E-state index in [9.17, 15) is 19.2 Å². The molecule has 0 bridgehead atoms. The number of carbonyl (C=O) groups excluding carboxylic acids is 4. The van der Waals surface area contributed by atoms with Gasteiger partial charge in [-0.15, -0.1) is 0 Å². The van der Waals surface area contributed by atoms with Gasteiger partial charge < -0.3 is 32.2 Å². The van der Waals surface area contributed by atoms with Gasteiger partial charge in [0.25, 0.3) is 0 Å². The van der Waals surface area contributed by atoms with Crippen molar-refractivity contribution >= 4 is 24.0 Å². The second-order valence-electron chi connectivity index (χ2n) is 6.34. The summed E-state index contributed by atoms with van der Waals surface area (Å²) in [4.78, 5) is 48.3. The SMILES string of the molecule is NCCCC[C@H](N)C(=O)N1CCC[C@H]1C(=O)N[C@H](C=O)CCC(N)=O. The first kappa shape index (κ1) is 21.0. The zero-order valence-corrected chi connectivity index (χ0v) is 14.5. The smallest absolute Gasteiger partial charge is 0.243 e. The van der Waals surface area contributed by atoms with Crippen molar-refractivity contribution in [1.29, 1.82) is 0 Å². The third kappa shape index (κ3) is 6.79. The van der Waals surface area contributed by atoms with Crippen LogP contribution in [0.15, 0.2) is 0 Å². The fourth-order valence-electron chi connectivity index (χ4n) is 2.90. The van der Waals surface area contributed by atoms with E-state index in [1.807, 2.05) is 0 Å². The molecular weight excluding hydrogens is 326 g/mol. The fourth-order valence-corrected chi connectivity index (χ4v) is 2.90. The predicted molar refractivity (Wildman–Crippen MR) is 92.0 cm³/mol. The summed E-state index contributed by atoms with van der Waals surface area (Å²) >= 11 is 0. The van der Waals surface area contributed by atoms with E-state index in [1.165, 1.54) is 4.90 Å². The lowest BCUT2D eigenvalue weighted by Gasteiger charge is -2.27. The van der Waals surface area contributed by atoms with Crippen LogP contribution in [0.3, 0.4) is 0 Å². The lowest BCUT2D eigenvalue weighted by atomic mass is 10.1.